The fourth-order valence-corrected chi connectivity index (χ4v) is 4.51. The highest BCUT2D eigenvalue weighted by Gasteiger charge is 2.42. The van der Waals surface area contributed by atoms with E-state index in [4.69, 9.17) is 4.74 Å². The Kier molecular flexibility index (Phi) is 6.22. The number of esters is 1. The summed E-state index contributed by atoms with van der Waals surface area (Å²) in [5.74, 6) is -0.991. The van der Waals surface area contributed by atoms with Gasteiger partial charge in [-0.25, -0.2) is 13.1 Å². The minimum atomic E-state index is -3.53. The van der Waals surface area contributed by atoms with Gasteiger partial charge in [0.2, 0.25) is 10.0 Å². The highest BCUT2D eigenvalue weighted by atomic mass is 32.2. The minimum absolute atomic E-state index is 0.256. The zero-order valence-corrected chi connectivity index (χ0v) is 12.5. The minimum Gasteiger partial charge on any atom is -0.469 e. The van der Waals surface area contributed by atoms with Crippen LogP contribution in [-0.2, 0) is 24.3 Å². The van der Waals surface area contributed by atoms with E-state index in [0.717, 1.165) is 6.42 Å². The molecule has 19 heavy (non-hydrogen) atoms. The van der Waals surface area contributed by atoms with Gasteiger partial charge in [-0.2, -0.15) is 0 Å². The molecule has 0 radical (unpaired) electrons. The van der Waals surface area contributed by atoms with Crippen LogP contribution in [0.3, 0.4) is 0 Å². The van der Waals surface area contributed by atoms with Crippen molar-refractivity contribution in [2.75, 3.05) is 20.8 Å². The van der Waals surface area contributed by atoms with Crippen LogP contribution >= 0.6 is 0 Å². The summed E-state index contributed by atoms with van der Waals surface area (Å²) in [7, 11) is -0.708. The van der Waals surface area contributed by atoms with E-state index >= 15 is 0 Å². The van der Waals surface area contributed by atoms with Crippen molar-refractivity contribution in [1.82, 2.24) is 4.72 Å². The van der Waals surface area contributed by atoms with E-state index in [9.17, 15) is 13.2 Å². The molecule has 1 N–H and O–H groups in total. The molecule has 6 nitrogen and oxygen atoms in total. The van der Waals surface area contributed by atoms with Crippen molar-refractivity contribution in [3.05, 3.63) is 0 Å². The first kappa shape index (κ1) is 16.4. The Bertz CT molecular complexity index is 395. The number of hydrogen-bond acceptors (Lipinski definition) is 5. The molecule has 7 heteroatoms. The lowest BCUT2D eigenvalue weighted by molar-refractivity contribution is -0.145. The van der Waals surface area contributed by atoms with Crippen LogP contribution in [0.2, 0.25) is 0 Å². The van der Waals surface area contributed by atoms with Crippen LogP contribution in [0.5, 0.6) is 0 Å². The van der Waals surface area contributed by atoms with Crippen molar-refractivity contribution in [2.45, 2.75) is 43.9 Å². The van der Waals surface area contributed by atoms with E-state index in [0.29, 0.717) is 25.9 Å². The fraction of sp³-hybridized carbons (Fsp3) is 0.917. The SMILES string of the molecule is CCC(COC)NS(=O)(=O)C1CCCC1C(=O)OC. The zero-order valence-electron chi connectivity index (χ0n) is 11.7. The summed E-state index contributed by atoms with van der Waals surface area (Å²) in [5, 5.41) is -0.689. The predicted molar refractivity (Wildman–Crippen MR) is 71.2 cm³/mol. The third-order valence-electron chi connectivity index (χ3n) is 3.55. The molecule has 0 bridgehead atoms. The van der Waals surface area contributed by atoms with Crippen LogP contribution in [-0.4, -0.2) is 46.5 Å². The lowest BCUT2D eigenvalue weighted by Gasteiger charge is -2.22. The van der Waals surface area contributed by atoms with Gasteiger partial charge in [0.05, 0.1) is 24.9 Å². The highest BCUT2D eigenvalue weighted by molar-refractivity contribution is 7.90. The van der Waals surface area contributed by atoms with Crippen molar-refractivity contribution in [2.24, 2.45) is 5.92 Å². The molecule has 1 aliphatic carbocycles. The number of nitrogens with one attached hydrogen (secondary N) is 1. The second kappa shape index (κ2) is 7.21. The van der Waals surface area contributed by atoms with Gasteiger partial charge >= 0.3 is 5.97 Å². The Morgan fingerprint density at radius 3 is 2.58 bits per heavy atom. The molecule has 1 saturated carbocycles. The lowest BCUT2D eigenvalue weighted by Crippen LogP contribution is -2.45. The van der Waals surface area contributed by atoms with E-state index in [1.807, 2.05) is 6.92 Å². The molecule has 1 fully saturated rings. The van der Waals surface area contributed by atoms with Crippen LogP contribution in [0.25, 0.3) is 0 Å². The van der Waals surface area contributed by atoms with E-state index in [2.05, 4.69) is 9.46 Å². The van der Waals surface area contributed by atoms with Gasteiger partial charge in [0.1, 0.15) is 0 Å². The van der Waals surface area contributed by atoms with Crippen molar-refractivity contribution < 1.29 is 22.7 Å². The molecular formula is C12H23NO5S. The van der Waals surface area contributed by atoms with Gasteiger partial charge in [-0.05, 0) is 19.3 Å². The molecule has 3 atom stereocenters. The molecule has 0 aromatic carbocycles. The smallest absolute Gasteiger partial charge is 0.310 e. The Morgan fingerprint density at radius 1 is 1.37 bits per heavy atom. The summed E-state index contributed by atoms with van der Waals surface area (Å²) < 4.78 is 37.0. The van der Waals surface area contributed by atoms with E-state index < -0.39 is 27.2 Å². The number of rotatable bonds is 7. The predicted octanol–water partition coefficient (Wildman–Crippen LogP) is 0.673. The fourth-order valence-electron chi connectivity index (χ4n) is 2.47. The summed E-state index contributed by atoms with van der Waals surface area (Å²) in [6.45, 7) is 2.21. The van der Waals surface area contributed by atoms with Gasteiger partial charge in [-0.15, -0.1) is 0 Å². The van der Waals surface area contributed by atoms with Gasteiger partial charge in [0.25, 0.3) is 0 Å². The number of ether oxygens (including phenoxy) is 2. The second-order valence-electron chi connectivity index (χ2n) is 4.82. The van der Waals surface area contributed by atoms with Gasteiger partial charge < -0.3 is 9.47 Å². The number of carbonyl (C=O) groups excluding carboxylic acids is 1. The largest absolute Gasteiger partial charge is 0.469 e. The molecule has 0 aromatic rings. The molecule has 1 rings (SSSR count). The van der Waals surface area contributed by atoms with E-state index in [-0.39, 0.29) is 6.04 Å². The molecule has 0 saturated heterocycles. The number of carbonyl (C=O) groups is 1. The third-order valence-corrected chi connectivity index (χ3v) is 5.57. The van der Waals surface area contributed by atoms with E-state index in [1.54, 1.807) is 0 Å². The molecule has 112 valence electrons. The van der Waals surface area contributed by atoms with Crippen molar-refractivity contribution >= 4 is 16.0 Å². The maximum Gasteiger partial charge on any atom is 0.310 e. The summed E-state index contributed by atoms with van der Waals surface area (Å²) >= 11 is 0. The first-order valence-electron chi connectivity index (χ1n) is 6.54. The first-order valence-corrected chi connectivity index (χ1v) is 8.08. The third kappa shape index (κ3) is 4.15. The Balaban J connectivity index is 2.78. The summed E-state index contributed by atoms with van der Waals surface area (Å²) in [4.78, 5) is 11.6. The highest BCUT2D eigenvalue weighted by Crippen LogP contribution is 2.31. The molecule has 0 heterocycles. The number of hydrogen-bond donors (Lipinski definition) is 1. The molecule has 0 aromatic heterocycles. The van der Waals surface area contributed by atoms with Crippen molar-refractivity contribution in [3.8, 4) is 0 Å². The van der Waals surface area contributed by atoms with Crippen molar-refractivity contribution in [1.29, 1.82) is 0 Å². The van der Waals surface area contributed by atoms with E-state index in [1.165, 1.54) is 14.2 Å². The van der Waals surface area contributed by atoms with Crippen LogP contribution in [0.15, 0.2) is 0 Å². The molecule has 1 aliphatic rings. The number of methoxy groups -OCH3 is 2. The van der Waals surface area contributed by atoms with Gasteiger partial charge in [0, 0.05) is 13.2 Å². The molecule has 0 aliphatic heterocycles. The van der Waals surface area contributed by atoms with Gasteiger partial charge in [-0.1, -0.05) is 13.3 Å². The van der Waals surface area contributed by atoms with Crippen LogP contribution in [0.1, 0.15) is 32.6 Å². The quantitative estimate of drug-likeness (QED) is 0.698. The first-order chi connectivity index (χ1) is 8.96. The van der Waals surface area contributed by atoms with Crippen LogP contribution < -0.4 is 4.72 Å². The zero-order chi connectivity index (χ0) is 14.5. The average Bonchev–Trinajstić information content (AvgIpc) is 2.87. The maximum absolute atomic E-state index is 12.3. The van der Waals surface area contributed by atoms with Crippen molar-refractivity contribution in [3.63, 3.8) is 0 Å². The molecule has 0 amide bonds. The monoisotopic (exact) mass is 293 g/mol. The standard InChI is InChI=1S/C12H23NO5S/c1-4-9(8-17-2)13-19(15,16)11-7-5-6-10(11)12(14)18-3/h9-11,13H,4-8H2,1-3H3. The normalized spacial score (nSPS) is 25.2. The van der Waals surface area contributed by atoms with Gasteiger partial charge in [-0.3, -0.25) is 4.79 Å². The average molecular weight is 293 g/mol. The summed E-state index contributed by atoms with van der Waals surface area (Å²) in [6.07, 6.45) is 2.44. The summed E-state index contributed by atoms with van der Waals surface area (Å²) in [6, 6.07) is -0.256. The second-order valence-corrected chi connectivity index (χ2v) is 6.75. The molecular weight excluding hydrogens is 270 g/mol. The molecule has 3 unspecified atom stereocenters. The summed E-state index contributed by atoms with van der Waals surface area (Å²) in [5.41, 5.74) is 0. The van der Waals surface area contributed by atoms with Gasteiger partial charge in [0.15, 0.2) is 0 Å². The maximum atomic E-state index is 12.3. The lowest BCUT2D eigenvalue weighted by atomic mass is 10.1. The Hall–Kier alpha value is -0.660. The Labute approximate surface area is 114 Å². The van der Waals surface area contributed by atoms with Crippen LogP contribution in [0.4, 0.5) is 0 Å². The Morgan fingerprint density at radius 2 is 2.05 bits per heavy atom. The number of sulfonamides is 1. The topological polar surface area (TPSA) is 81.7 Å². The molecule has 0 spiro atoms. The van der Waals surface area contributed by atoms with Crippen LogP contribution in [0, 0.1) is 5.92 Å².